The van der Waals surface area contributed by atoms with Crippen LogP contribution in [0.15, 0.2) is 41.3 Å². The molecule has 1 heterocycles. The van der Waals surface area contributed by atoms with Gasteiger partial charge in [0.05, 0.1) is 10.6 Å². The number of benzene rings is 2. The van der Waals surface area contributed by atoms with Gasteiger partial charge in [-0.1, -0.05) is 12.5 Å². The lowest BCUT2D eigenvalue weighted by Gasteiger charge is -2.18. The predicted octanol–water partition coefficient (Wildman–Crippen LogP) is 3.38. The zero-order chi connectivity index (χ0) is 21.6. The Labute approximate surface area is 175 Å². The van der Waals surface area contributed by atoms with Gasteiger partial charge in [-0.2, -0.15) is 0 Å². The van der Waals surface area contributed by atoms with Gasteiger partial charge in [0.25, 0.3) is 0 Å². The molecule has 0 spiro atoms. The van der Waals surface area contributed by atoms with Crippen LogP contribution in [0.25, 0.3) is 0 Å². The van der Waals surface area contributed by atoms with Gasteiger partial charge < -0.3 is 14.8 Å². The van der Waals surface area contributed by atoms with Crippen LogP contribution >= 0.6 is 0 Å². The lowest BCUT2D eigenvalue weighted by molar-refractivity contribution is -0.116. The van der Waals surface area contributed by atoms with E-state index < -0.39 is 15.8 Å². The minimum Gasteiger partial charge on any atom is -0.486 e. The van der Waals surface area contributed by atoms with Crippen molar-refractivity contribution >= 4 is 21.6 Å². The third-order valence-electron chi connectivity index (χ3n) is 4.59. The zero-order valence-corrected chi connectivity index (χ0v) is 17.6. The lowest BCUT2D eigenvalue weighted by Crippen LogP contribution is -2.25. The summed E-state index contributed by atoms with van der Waals surface area (Å²) in [6.45, 7) is 2.90. The maximum absolute atomic E-state index is 13.7. The van der Waals surface area contributed by atoms with Crippen molar-refractivity contribution in [1.29, 1.82) is 0 Å². The molecule has 2 aromatic carbocycles. The van der Waals surface area contributed by atoms with Gasteiger partial charge in [0.2, 0.25) is 15.9 Å². The standard InChI is InChI=1S/C21H25FN2O5S/c1-15-6-8-17(22)18(13-15)24-21(25)5-3-2-4-10-23-30(26,27)16-7-9-19-20(14-16)29-12-11-28-19/h6-9,13-14,23H,2-5,10-12H2,1H3,(H,24,25). The molecule has 0 saturated heterocycles. The molecule has 2 N–H and O–H groups in total. The Morgan fingerprint density at radius 3 is 2.60 bits per heavy atom. The summed E-state index contributed by atoms with van der Waals surface area (Å²) < 4.78 is 51.9. The molecule has 9 heteroatoms. The third kappa shape index (κ3) is 5.93. The highest BCUT2D eigenvalue weighted by Gasteiger charge is 2.19. The molecule has 1 aliphatic heterocycles. The summed E-state index contributed by atoms with van der Waals surface area (Å²) in [4.78, 5) is 12.1. The summed E-state index contributed by atoms with van der Waals surface area (Å²) in [5.74, 6) is 0.211. The molecule has 0 bridgehead atoms. The molecule has 1 amide bonds. The number of rotatable bonds is 9. The molecular formula is C21H25FN2O5S. The fourth-order valence-electron chi connectivity index (χ4n) is 3.02. The van der Waals surface area contributed by atoms with Crippen molar-refractivity contribution in [3.63, 3.8) is 0 Å². The lowest BCUT2D eigenvalue weighted by atomic mass is 10.1. The van der Waals surface area contributed by atoms with Crippen molar-refractivity contribution in [2.75, 3.05) is 25.1 Å². The van der Waals surface area contributed by atoms with Crippen LogP contribution in [0.5, 0.6) is 11.5 Å². The second kappa shape index (κ2) is 9.90. The average molecular weight is 437 g/mol. The van der Waals surface area contributed by atoms with Crippen molar-refractivity contribution in [1.82, 2.24) is 4.72 Å². The Balaban J connectivity index is 1.38. The Hall–Kier alpha value is -2.65. The molecule has 7 nitrogen and oxygen atoms in total. The first kappa shape index (κ1) is 22.0. The first-order valence-electron chi connectivity index (χ1n) is 9.80. The van der Waals surface area contributed by atoms with E-state index in [0.717, 1.165) is 5.56 Å². The minimum absolute atomic E-state index is 0.117. The van der Waals surface area contributed by atoms with Crippen molar-refractivity contribution in [2.45, 2.75) is 37.5 Å². The maximum Gasteiger partial charge on any atom is 0.240 e. The normalized spacial score (nSPS) is 13.1. The van der Waals surface area contributed by atoms with Crippen LogP contribution < -0.4 is 19.5 Å². The number of carbonyl (C=O) groups is 1. The monoisotopic (exact) mass is 436 g/mol. The summed E-state index contributed by atoms with van der Waals surface area (Å²) in [6.07, 6.45) is 2.05. The number of hydrogen-bond acceptors (Lipinski definition) is 5. The van der Waals surface area contributed by atoms with Crippen molar-refractivity contribution in [3.8, 4) is 11.5 Å². The third-order valence-corrected chi connectivity index (χ3v) is 6.05. The molecule has 0 aliphatic carbocycles. The van der Waals surface area contributed by atoms with Crippen LogP contribution in [0.1, 0.15) is 31.2 Å². The fourth-order valence-corrected chi connectivity index (χ4v) is 4.10. The highest BCUT2D eigenvalue weighted by atomic mass is 32.2. The van der Waals surface area contributed by atoms with Gasteiger partial charge in [-0.05, 0) is 49.6 Å². The Morgan fingerprint density at radius 2 is 1.80 bits per heavy atom. The first-order valence-corrected chi connectivity index (χ1v) is 11.3. The van der Waals surface area contributed by atoms with E-state index in [1.165, 1.54) is 18.2 Å². The van der Waals surface area contributed by atoms with Crippen molar-refractivity contribution in [3.05, 3.63) is 47.8 Å². The molecule has 1 aliphatic rings. The molecule has 0 unspecified atom stereocenters. The quantitative estimate of drug-likeness (QED) is 0.588. The first-order chi connectivity index (χ1) is 14.3. The summed E-state index contributed by atoms with van der Waals surface area (Å²) in [7, 11) is -3.65. The van der Waals surface area contributed by atoms with Gasteiger partial charge in [0.1, 0.15) is 19.0 Å². The van der Waals surface area contributed by atoms with E-state index in [0.29, 0.717) is 44.0 Å². The van der Waals surface area contributed by atoms with Crippen LogP contribution in [0, 0.1) is 12.7 Å². The molecule has 2 aromatic rings. The molecular weight excluding hydrogens is 411 g/mol. The number of amides is 1. The fraction of sp³-hybridized carbons (Fsp3) is 0.381. The van der Waals surface area contributed by atoms with Crippen molar-refractivity contribution < 1.29 is 27.1 Å². The summed E-state index contributed by atoms with van der Waals surface area (Å²) in [5, 5.41) is 2.57. The minimum atomic E-state index is -3.65. The van der Waals surface area contributed by atoms with Crippen LogP contribution in [-0.2, 0) is 14.8 Å². The number of halogens is 1. The van der Waals surface area contributed by atoms with E-state index in [1.54, 1.807) is 18.2 Å². The largest absolute Gasteiger partial charge is 0.486 e. The van der Waals surface area contributed by atoms with Gasteiger partial charge >= 0.3 is 0 Å². The summed E-state index contributed by atoms with van der Waals surface area (Å²) >= 11 is 0. The van der Waals surface area contributed by atoms with Gasteiger partial charge in [-0.25, -0.2) is 17.5 Å². The van der Waals surface area contributed by atoms with Gasteiger partial charge in [0, 0.05) is 19.0 Å². The van der Waals surface area contributed by atoms with Crippen LogP contribution in [0.3, 0.4) is 0 Å². The van der Waals surface area contributed by atoms with Crippen molar-refractivity contribution in [2.24, 2.45) is 0 Å². The number of anilines is 1. The number of sulfonamides is 1. The highest BCUT2D eigenvalue weighted by molar-refractivity contribution is 7.89. The van der Waals surface area contributed by atoms with Gasteiger partial charge in [0.15, 0.2) is 11.5 Å². The van der Waals surface area contributed by atoms with Crippen LogP contribution in [0.2, 0.25) is 0 Å². The van der Waals surface area contributed by atoms with E-state index in [9.17, 15) is 17.6 Å². The molecule has 0 fully saturated rings. The molecule has 0 aromatic heterocycles. The number of carbonyl (C=O) groups excluding carboxylic acids is 1. The van der Waals surface area contributed by atoms with E-state index in [2.05, 4.69) is 10.0 Å². The predicted molar refractivity (Wildman–Crippen MR) is 111 cm³/mol. The smallest absolute Gasteiger partial charge is 0.240 e. The number of fused-ring (bicyclic) bond motifs is 1. The number of aryl methyl sites for hydroxylation is 1. The van der Waals surface area contributed by atoms with E-state index >= 15 is 0 Å². The Morgan fingerprint density at radius 1 is 1.03 bits per heavy atom. The second-order valence-corrected chi connectivity index (χ2v) is 8.81. The topological polar surface area (TPSA) is 93.7 Å². The van der Waals surface area contributed by atoms with Crippen LogP contribution in [0.4, 0.5) is 10.1 Å². The summed E-state index contributed by atoms with van der Waals surface area (Å²) in [5.41, 5.74) is 1.03. The average Bonchev–Trinajstić information content (AvgIpc) is 2.73. The number of ether oxygens (including phenoxy) is 2. The Bertz CT molecular complexity index is 1010. The number of hydrogen-bond donors (Lipinski definition) is 2. The van der Waals surface area contributed by atoms with Gasteiger partial charge in [-0.3, -0.25) is 4.79 Å². The van der Waals surface area contributed by atoms with E-state index in [1.807, 2.05) is 6.92 Å². The molecule has 3 rings (SSSR count). The van der Waals surface area contributed by atoms with E-state index in [-0.39, 0.29) is 29.5 Å². The summed E-state index contributed by atoms with van der Waals surface area (Å²) in [6, 6.07) is 9.05. The molecule has 0 atom stereocenters. The molecule has 162 valence electrons. The zero-order valence-electron chi connectivity index (χ0n) is 16.7. The molecule has 0 radical (unpaired) electrons. The number of nitrogens with one attached hydrogen (secondary N) is 2. The maximum atomic E-state index is 13.7. The van der Waals surface area contributed by atoms with Gasteiger partial charge in [-0.15, -0.1) is 0 Å². The number of unbranched alkanes of at least 4 members (excludes halogenated alkanes) is 2. The highest BCUT2D eigenvalue weighted by Crippen LogP contribution is 2.32. The molecule has 30 heavy (non-hydrogen) atoms. The second-order valence-electron chi connectivity index (χ2n) is 7.05. The molecule has 0 saturated carbocycles. The SMILES string of the molecule is Cc1ccc(F)c(NC(=O)CCCCCNS(=O)(=O)c2ccc3c(c2)OCCO3)c1. The van der Waals surface area contributed by atoms with Crippen LogP contribution in [-0.4, -0.2) is 34.1 Å². The Kier molecular flexibility index (Phi) is 7.28. The van der Waals surface area contributed by atoms with E-state index in [4.69, 9.17) is 9.47 Å².